The van der Waals surface area contributed by atoms with Crippen molar-refractivity contribution in [3.63, 3.8) is 0 Å². The Labute approximate surface area is 108 Å². The molecular formula is C12H12BrN3O. The zero-order valence-corrected chi connectivity index (χ0v) is 10.8. The normalized spacial score (nSPS) is 10.4. The van der Waals surface area contributed by atoms with Crippen LogP contribution >= 0.6 is 15.9 Å². The molecule has 5 heteroatoms. The van der Waals surface area contributed by atoms with Crippen LogP contribution in [0.4, 0.5) is 0 Å². The fraction of sp³-hybridized carbons (Fsp3) is 0.167. The van der Waals surface area contributed by atoms with Gasteiger partial charge in [0.05, 0.1) is 6.54 Å². The second kappa shape index (κ2) is 5.75. The molecule has 0 amide bonds. The number of rotatable bonds is 5. The number of nitrogens with zero attached hydrogens (tertiary/aromatic N) is 2. The molecule has 1 heterocycles. The van der Waals surface area contributed by atoms with Crippen LogP contribution in [0.3, 0.4) is 0 Å². The molecule has 0 aliphatic heterocycles. The molecular weight excluding hydrogens is 282 g/mol. The van der Waals surface area contributed by atoms with Gasteiger partial charge in [0.25, 0.3) is 0 Å². The molecule has 0 fully saturated rings. The molecule has 0 unspecified atom stereocenters. The monoisotopic (exact) mass is 293 g/mol. The van der Waals surface area contributed by atoms with Crippen molar-refractivity contribution in [1.82, 2.24) is 15.5 Å². The topological polar surface area (TPSA) is 51.0 Å². The molecule has 2 aromatic rings. The van der Waals surface area contributed by atoms with Crippen LogP contribution in [0.2, 0.25) is 0 Å². The highest BCUT2D eigenvalue weighted by molar-refractivity contribution is 9.10. The van der Waals surface area contributed by atoms with Crippen LogP contribution in [0.25, 0.3) is 11.4 Å². The number of aromatic nitrogens is 2. The van der Waals surface area contributed by atoms with E-state index in [-0.39, 0.29) is 0 Å². The van der Waals surface area contributed by atoms with Crippen LogP contribution in [-0.4, -0.2) is 16.7 Å². The summed E-state index contributed by atoms with van der Waals surface area (Å²) >= 11 is 3.38. The molecule has 0 aliphatic carbocycles. The standard InChI is InChI=1S/C12H12BrN3O/c1-2-7-14-8-11-15-12(16-17-11)9-3-5-10(13)6-4-9/h2-6,14H,1,7-8H2. The predicted molar refractivity (Wildman–Crippen MR) is 69.3 cm³/mol. The van der Waals surface area contributed by atoms with Crippen LogP contribution in [0.1, 0.15) is 5.89 Å². The highest BCUT2D eigenvalue weighted by Gasteiger charge is 2.07. The SMILES string of the molecule is C=CCNCc1nc(-c2ccc(Br)cc2)no1. The summed E-state index contributed by atoms with van der Waals surface area (Å²) in [6, 6.07) is 7.77. The van der Waals surface area contributed by atoms with Crippen LogP contribution < -0.4 is 5.32 Å². The highest BCUT2D eigenvalue weighted by Crippen LogP contribution is 2.18. The first-order chi connectivity index (χ1) is 8.29. The van der Waals surface area contributed by atoms with Crippen molar-refractivity contribution in [2.45, 2.75) is 6.54 Å². The van der Waals surface area contributed by atoms with Gasteiger partial charge in [0.15, 0.2) is 0 Å². The van der Waals surface area contributed by atoms with Gasteiger partial charge in [-0.15, -0.1) is 6.58 Å². The minimum atomic E-state index is 0.551. The van der Waals surface area contributed by atoms with Gasteiger partial charge < -0.3 is 9.84 Å². The number of nitrogens with one attached hydrogen (secondary N) is 1. The minimum Gasteiger partial charge on any atom is -0.338 e. The zero-order valence-electron chi connectivity index (χ0n) is 9.19. The highest BCUT2D eigenvalue weighted by atomic mass is 79.9. The fourth-order valence-corrected chi connectivity index (χ4v) is 1.59. The molecule has 1 aromatic carbocycles. The van der Waals surface area contributed by atoms with E-state index >= 15 is 0 Å². The first-order valence-corrected chi connectivity index (χ1v) is 5.99. The molecule has 0 saturated carbocycles. The van der Waals surface area contributed by atoms with Crippen molar-refractivity contribution in [1.29, 1.82) is 0 Å². The van der Waals surface area contributed by atoms with E-state index in [0.717, 1.165) is 16.6 Å². The summed E-state index contributed by atoms with van der Waals surface area (Å²) < 4.78 is 6.15. The van der Waals surface area contributed by atoms with E-state index in [0.29, 0.717) is 18.3 Å². The Morgan fingerprint density at radius 1 is 1.35 bits per heavy atom. The largest absolute Gasteiger partial charge is 0.338 e. The molecule has 0 radical (unpaired) electrons. The summed E-state index contributed by atoms with van der Waals surface area (Å²) in [6.07, 6.45) is 1.78. The molecule has 0 bridgehead atoms. The third kappa shape index (κ3) is 3.25. The maximum Gasteiger partial charge on any atom is 0.240 e. The van der Waals surface area contributed by atoms with E-state index in [4.69, 9.17) is 4.52 Å². The van der Waals surface area contributed by atoms with Gasteiger partial charge in [-0.2, -0.15) is 4.98 Å². The Hall–Kier alpha value is -1.46. The molecule has 17 heavy (non-hydrogen) atoms. The van der Waals surface area contributed by atoms with E-state index < -0.39 is 0 Å². The summed E-state index contributed by atoms with van der Waals surface area (Å²) in [4.78, 5) is 4.29. The molecule has 0 aliphatic rings. The Morgan fingerprint density at radius 3 is 2.82 bits per heavy atom. The second-order valence-electron chi connectivity index (χ2n) is 3.44. The number of hydrogen-bond donors (Lipinski definition) is 1. The third-order valence-corrected chi connectivity index (χ3v) is 2.66. The van der Waals surface area contributed by atoms with E-state index in [1.807, 2.05) is 24.3 Å². The first-order valence-electron chi connectivity index (χ1n) is 5.20. The summed E-state index contributed by atoms with van der Waals surface area (Å²) in [5, 5.41) is 7.03. The lowest BCUT2D eigenvalue weighted by molar-refractivity contribution is 0.370. The van der Waals surface area contributed by atoms with Gasteiger partial charge in [-0.3, -0.25) is 0 Å². The summed E-state index contributed by atoms with van der Waals surface area (Å²) in [6.45, 7) is 4.89. The lowest BCUT2D eigenvalue weighted by Gasteiger charge is -1.94. The van der Waals surface area contributed by atoms with Crippen LogP contribution in [0, 0.1) is 0 Å². The quantitative estimate of drug-likeness (QED) is 0.680. The number of hydrogen-bond acceptors (Lipinski definition) is 4. The maximum absolute atomic E-state index is 5.13. The Morgan fingerprint density at radius 2 is 2.12 bits per heavy atom. The number of halogens is 1. The van der Waals surface area contributed by atoms with Gasteiger partial charge in [0, 0.05) is 16.6 Å². The van der Waals surface area contributed by atoms with Crippen molar-refractivity contribution in [3.8, 4) is 11.4 Å². The van der Waals surface area contributed by atoms with Crippen molar-refractivity contribution in [2.75, 3.05) is 6.54 Å². The molecule has 0 atom stereocenters. The van der Waals surface area contributed by atoms with Crippen molar-refractivity contribution >= 4 is 15.9 Å². The van der Waals surface area contributed by atoms with Gasteiger partial charge in [0.1, 0.15) is 0 Å². The summed E-state index contributed by atoms with van der Waals surface area (Å²) in [7, 11) is 0. The Balaban J connectivity index is 2.07. The van der Waals surface area contributed by atoms with Crippen LogP contribution in [-0.2, 0) is 6.54 Å². The minimum absolute atomic E-state index is 0.551. The third-order valence-electron chi connectivity index (χ3n) is 2.14. The van der Waals surface area contributed by atoms with Crippen LogP contribution in [0.15, 0.2) is 45.9 Å². The smallest absolute Gasteiger partial charge is 0.240 e. The van der Waals surface area contributed by atoms with Crippen LogP contribution in [0.5, 0.6) is 0 Å². The van der Waals surface area contributed by atoms with Crippen molar-refractivity contribution < 1.29 is 4.52 Å². The summed E-state index contributed by atoms with van der Waals surface area (Å²) in [5.41, 5.74) is 0.937. The zero-order chi connectivity index (χ0) is 12.1. The van der Waals surface area contributed by atoms with E-state index in [9.17, 15) is 0 Å². The van der Waals surface area contributed by atoms with Gasteiger partial charge in [-0.1, -0.05) is 27.2 Å². The Bertz CT molecular complexity index is 493. The lowest BCUT2D eigenvalue weighted by atomic mass is 10.2. The van der Waals surface area contributed by atoms with Gasteiger partial charge >= 0.3 is 0 Å². The molecule has 1 aromatic heterocycles. The lowest BCUT2D eigenvalue weighted by Crippen LogP contribution is -2.12. The average Bonchev–Trinajstić information content (AvgIpc) is 2.79. The molecule has 0 saturated heterocycles. The summed E-state index contributed by atoms with van der Waals surface area (Å²) in [5.74, 6) is 1.18. The number of benzene rings is 1. The molecule has 1 N–H and O–H groups in total. The van der Waals surface area contributed by atoms with E-state index in [1.165, 1.54) is 0 Å². The van der Waals surface area contributed by atoms with Crippen molar-refractivity contribution in [2.24, 2.45) is 0 Å². The first kappa shape index (κ1) is 12.0. The van der Waals surface area contributed by atoms with Gasteiger partial charge in [0.2, 0.25) is 11.7 Å². The maximum atomic E-state index is 5.13. The second-order valence-corrected chi connectivity index (χ2v) is 4.35. The molecule has 0 spiro atoms. The molecule has 4 nitrogen and oxygen atoms in total. The molecule has 2 rings (SSSR count). The average molecular weight is 294 g/mol. The fourth-order valence-electron chi connectivity index (χ4n) is 1.32. The van der Waals surface area contributed by atoms with Crippen molar-refractivity contribution in [3.05, 3.63) is 47.3 Å². The van der Waals surface area contributed by atoms with E-state index in [1.54, 1.807) is 6.08 Å². The molecule has 88 valence electrons. The van der Waals surface area contributed by atoms with E-state index in [2.05, 4.69) is 38.0 Å². The predicted octanol–water partition coefficient (Wildman–Crippen LogP) is 2.77. The van der Waals surface area contributed by atoms with Gasteiger partial charge in [-0.25, -0.2) is 0 Å². The Kier molecular flexibility index (Phi) is 4.06. The van der Waals surface area contributed by atoms with Gasteiger partial charge in [-0.05, 0) is 24.3 Å².